The first-order valence-electron chi connectivity index (χ1n) is 9.92. The van der Waals surface area contributed by atoms with E-state index in [2.05, 4.69) is 5.32 Å². The number of nitrogens with one attached hydrogen (secondary N) is 1. The van der Waals surface area contributed by atoms with Crippen LogP contribution >= 0.6 is 0 Å². The van der Waals surface area contributed by atoms with Crippen molar-refractivity contribution in [2.75, 3.05) is 17.4 Å². The maximum atomic E-state index is 13.2. The molecule has 0 saturated heterocycles. The summed E-state index contributed by atoms with van der Waals surface area (Å²) in [5.74, 6) is -0.175. The van der Waals surface area contributed by atoms with E-state index in [-0.39, 0.29) is 23.8 Å². The maximum Gasteiger partial charge on any atom is 0.264 e. The summed E-state index contributed by atoms with van der Waals surface area (Å²) in [7, 11) is -3.78. The lowest BCUT2D eigenvalue weighted by Crippen LogP contribution is -2.35. The molecule has 0 saturated carbocycles. The Labute approximate surface area is 178 Å². The molecule has 6 heteroatoms. The highest BCUT2D eigenvalue weighted by Gasteiger charge is 2.25. The summed E-state index contributed by atoms with van der Waals surface area (Å²) in [6.45, 7) is 2.49. The number of para-hydroxylation sites is 1. The van der Waals surface area contributed by atoms with E-state index in [1.165, 1.54) is 4.31 Å². The van der Waals surface area contributed by atoms with Gasteiger partial charge in [-0.3, -0.25) is 9.10 Å². The number of carbonyl (C=O) groups excluding carboxylic acids is 1. The Hall–Kier alpha value is -3.12. The van der Waals surface area contributed by atoms with Crippen molar-refractivity contribution in [3.8, 4) is 0 Å². The molecule has 5 nitrogen and oxygen atoms in total. The van der Waals surface area contributed by atoms with Gasteiger partial charge in [0.2, 0.25) is 5.91 Å². The van der Waals surface area contributed by atoms with Gasteiger partial charge in [0.25, 0.3) is 10.0 Å². The van der Waals surface area contributed by atoms with Crippen LogP contribution in [0.3, 0.4) is 0 Å². The molecule has 0 aliphatic carbocycles. The third kappa shape index (κ3) is 5.70. The topological polar surface area (TPSA) is 66.5 Å². The van der Waals surface area contributed by atoms with Gasteiger partial charge in [0, 0.05) is 19.5 Å². The number of benzene rings is 3. The number of aryl methyl sites for hydroxylation is 1. The first kappa shape index (κ1) is 21.6. The Balaban J connectivity index is 1.67. The quantitative estimate of drug-likeness (QED) is 0.568. The second-order valence-corrected chi connectivity index (χ2v) is 8.92. The lowest BCUT2D eigenvalue weighted by Gasteiger charge is -2.24. The molecule has 30 heavy (non-hydrogen) atoms. The largest absolute Gasteiger partial charge is 0.356 e. The Bertz CT molecular complexity index is 1050. The van der Waals surface area contributed by atoms with Crippen molar-refractivity contribution < 1.29 is 13.2 Å². The van der Waals surface area contributed by atoms with Gasteiger partial charge >= 0.3 is 0 Å². The molecule has 0 fully saturated rings. The molecule has 0 bridgehead atoms. The van der Waals surface area contributed by atoms with Gasteiger partial charge < -0.3 is 5.32 Å². The first-order chi connectivity index (χ1) is 14.5. The fourth-order valence-corrected chi connectivity index (χ4v) is 4.57. The summed E-state index contributed by atoms with van der Waals surface area (Å²) >= 11 is 0. The number of rotatable bonds is 9. The van der Waals surface area contributed by atoms with E-state index in [4.69, 9.17) is 0 Å². The molecule has 0 spiro atoms. The van der Waals surface area contributed by atoms with E-state index in [1.54, 1.807) is 48.5 Å². The first-order valence-corrected chi connectivity index (χ1v) is 11.4. The Morgan fingerprint density at radius 2 is 1.47 bits per heavy atom. The predicted octanol–water partition coefficient (Wildman–Crippen LogP) is 3.94. The average molecular weight is 423 g/mol. The van der Waals surface area contributed by atoms with Crippen molar-refractivity contribution in [1.29, 1.82) is 0 Å². The van der Waals surface area contributed by atoms with Crippen molar-refractivity contribution in [1.82, 2.24) is 5.32 Å². The molecule has 1 N–H and O–H groups in total. The zero-order valence-corrected chi connectivity index (χ0v) is 17.8. The van der Waals surface area contributed by atoms with Crippen molar-refractivity contribution >= 4 is 21.6 Å². The number of nitrogens with zero attached hydrogens (tertiary/aromatic N) is 1. The van der Waals surface area contributed by atoms with Crippen molar-refractivity contribution in [3.05, 3.63) is 96.1 Å². The molecule has 0 atom stereocenters. The van der Waals surface area contributed by atoms with Crippen LogP contribution in [-0.4, -0.2) is 27.4 Å². The highest BCUT2D eigenvalue weighted by molar-refractivity contribution is 7.92. The molecule has 0 unspecified atom stereocenters. The number of sulfonamides is 1. The van der Waals surface area contributed by atoms with Crippen LogP contribution in [0.15, 0.2) is 89.8 Å². The molecule has 3 aromatic carbocycles. The van der Waals surface area contributed by atoms with Gasteiger partial charge in [0.1, 0.15) is 0 Å². The van der Waals surface area contributed by atoms with Gasteiger partial charge in [-0.15, -0.1) is 0 Å². The normalized spacial score (nSPS) is 11.1. The van der Waals surface area contributed by atoms with Crippen LogP contribution in [0.2, 0.25) is 0 Å². The number of amides is 1. The Kier molecular flexibility index (Phi) is 7.25. The maximum absolute atomic E-state index is 13.2. The van der Waals surface area contributed by atoms with Gasteiger partial charge in [-0.25, -0.2) is 8.42 Å². The minimum Gasteiger partial charge on any atom is -0.356 e. The van der Waals surface area contributed by atoms with E-state index in [0.29, 0.717) is 12.2 Å². The minimum atomic E-state index is -3.78. The van der Waals surface area contributed by atoms with Gasteiger partial charge in [0.15, 0.2) is 0 Å². The van der Waals surface area contributed by atoms with Crippen molar-refractivity contribution in [3.63, 3.8) is 0 Å². The molecular formula is C24H26N2O3S. The average Bonchev–Trinajstić information content (AvgIpc) is 2.75. The zero-order valence-electron chi connectivity index (χ0n) is 17.0. The van der Waals surface area contributed by atoms with Crippen LogP contribution in [0.5, 0.6) is 0 Å². The zero-order chi connectivity index (χ0) is 21.4. The third-order valence-corrected chi connectivity index (χ3v) is 6.62. The highest BCUT2D eigenvalue weighted by Crippen LogP contribution is 2.24. The van der Waals surface area contributed by atoms with Gasteiger partial charge in [-0.05, 0) is 43.2 Å². The molecule has 0 aliphatic rings. The molecule has 3 aromatic rings. The number of hydrogen-bond acceptors (Lipinski definition) is 3. The number of hydrogen-bond donors (Lipinski definition) is 1. The summed E-state index contributed by atoms with van der Waals surface area (Å²) in [4.78, 5) is 12.6. The van der Waals surface area contributed by atoms with E-state index < -0.39 is 10.0 Å². The van der Waals surface area contributed by atoms with Crippen LogP contribution < -0.4 is 9.62 Å². The Morgan fingerprint density at radius 1 is 0.867 bits per heavy atom. The van der Waals surface area contributed by atoms with E-state index >= 15 is 0 Å². The molecule has 0 aromatic heterocycles. The van der Waals surface area contributed by atoms with Crippen molar-refractivity contribution in [2.24, 2.45) is 0 Å². The summed E-state index contributed by atoms with van der Waals surface area (Å²) < 4.78 is 27.8. The molecule has 0 radical (unpaired) electrons. The van der Waals surface area contributed by atoms with E-state index in [9.17, 15) is 13.2 Å². The molecule has 3 rings (SSSR count). The van der Waals surface area contributed by atoms with E-state index in [1.807, 2.05) is 43.3 Å². The number of carbonyl (C=O) groups is 1. The Morgan fingerprint density at radius 3 is 2.10 bits per heavy atom. The smallest absolute Gasteiger partial charge is 0.264 e. The lowest BCUT2D eigenvalue weighted by molar-refractivity contribution is -0.120. The fourth-order valence-electron chi connectivity index (χ4n) is 3.10. The van der Waals surface area contributed by atoms with Crippen LogP contribution in [0.25, 0.3) is 0 Å². The molecule has 156 valence electrons. The van der Waals surface area contributed by atoms with Crippen LogP contribution in [-0.2, 0) is 21.2 Å². The summed E-state index contributed by atoms with van der Waals surface area (Å²) in [5, 5.41) is 2.88. The summed E-state index contributed by atoms with van der Waals surface area (Å²) in [5.41, 5.74) is 2.67. The minimum absolute atomic E-state index is 0.0669. The highest BCUT2D eigenvalue weighted by atomic mass is 32.2. The predicted molar refractivity (Wildman–Crippen MR) is 120 cm³/mol. The fraction of sp³-hybridized carbons (Fsp3) is 0.208. The monoisotopic (exact) mass is 422 g/mol. The van der Waals surface area contributed by atoms with Gasteiger partial charge in [-0.1, -0.05) is 66.2 Å². The SMILES string of the molecule is Cc1ccc(S(=O)(=O)N(CCC(=O)NCCc2ccccc2)c2ccccc2)cc1. The molecular weight excluding hydrogens is 396 g/mol. The lowest BCUT2D eigenvalue weighted by atomic mass is 10.1. The standard InChI is InChI=1S/C24H26N2O3S/c1-20-12-14-23(15-13-20)30(28,29)26(22-10-6-3-7-11-22)19-17-24(27)25-18-16-21-8-4-2-5-9-21/h2-15H,16-19H2,1H3,(H,25,27). The van der Waals surface area contributed by atoms with Crippen molar-refractivity contribution in [2.45, 2.75) is 24.7 Å². The second-order valence-electron chi connectivity index (χ2n) is 7.06. The second kappa shape index (κ2) is 10.1. The summed E-state index contributed by atoms with van der Waals surface area (Å²) in [6.07, 6.45) is 0.811. The number of anilines is 1. The van der Waals surface area contributed by atoms with Crippen LogP contribution in [0.1, 0.15) is 17.5 Å². The van der Waals surface area contributed by atoms with Crippen LogP contribution in [0.4, 0.5) is 5.69 Å². The van der Waals surface area contributed by atoms with E-state index in [0.717, 1.165) is 17.5 Å². The third-order valence-electron chi connectivity index (χ3n) is 4.77. The molecule has 1 amide bonds. The summed E-state index contributed by atoms with van der Waals surface area (Å²) in [6, 6.07) is 25.5. The van der Waals surface area contributed by atoms with Gasteiger partial charge in [0.05, 0.1) is 10.6 Å². The van der Waals surface area contributed by atoms with Crippen LogP contribution in [0, 0.1) is 6.92 Å². The van der Waals surface area contributed by atoms with Gasteiger partial charge in [-0.2, -0.15) is 0 Å². The molecule has 0 aliphatic heterocycles. The molecule has 0 heterocycles.